The summed E-state index contributed by atoms with van der Waals surface area (Å²) in [5.41, 5.74) is 4.19. The van der Waals surface area contributed by atoms with E-state index in [1.54, 1.807) is 0 Å². The first-order chi connectivity index (χ1) is 13.7. The molecule has 0 saturated heterocycles. The van der Waals surface area contributed by atoms with Gasteiger partial charge in [-0.15, -0.1) is 0 Å². The Labute approximate surface area is 163 Å². The maximum absolute atomic E-state index is 13.2. The highest BCUT2D eigenvalue weighted by molar-refractivity contribution is 5.99. The topological polar surface area (TPSA) is 66.3 Å². The summed E-state index contributed by atoms with van der Waals surface area (Å²) in [5.74, 6) is 0.337. The average Bonchev–Trinajstić information content (AvgIpc) is 3.21. The van der Waals surface area contributed by atoms with Gasteiger partial charge in [-0.1, -0.05) is 56.4 Å². The maximum atomic E-state index is 13.2. The summed E-state index contributed by atoms with van der Waals surface area (Å²) in [5, 5.41) is 0. The molecule has 1 unspecified atom stereocenters. The minimum atomic E-state index is -0.452. The standard InChI is InChI=1S/C23H24N2O3/c26-22-18-9-5-4-8-17(18)20(12-15-6-2-1-3-7-15)25(22)14-16-10-11-19-21(13-16)28-23(27)24-19/h4-5,8-11,13,15,20H,1-3,6-7,12,14H2,(H,24,27). The Hall–Kier alpha value is -2.82. The SMILES string of the molecule is O=C1c2ccccc2C(CC2CCCCC2)N1Cc1ccc2[nH]c(=O)oc2c1. The van der Waals surface area contributed by atoms with Crippen LogP contribution in [-0.2, 0) is 6.54 Å². The number of amides is 1. The van der Waals surface area contributed by atoms with Gasteiger partial charge >= 0.3 is 5.76 Å². The first-order valence-electron chi connectivity index (χ1n) is 10.2. The van der Waals surface area contributed by atoms with Gasteiger partial charge in [-0.2, -0.15) is 0 Å². The first-order valence-corrected chi connectivity index (χ1v) is 10.2. The van der Waals surface area contributed by atoms with E-state index in [0.29, 0.717) is 23.6 Å². The third kappa shape index (κ3) is 3.05. The number of aromatic amines is 1. The number of nitrogens with one attached hydrogen (secondary N) is 1. The van der Waals surface area contributed by atoms with E-state index in [0.717, 1.165) is 23.1 Å². The molecule has 0 spiro atoms. The van der Waals surface area contributed by atoms with Crippen molar-refractivity contribution < 1.29 is 9.21 Å². The molecule has 5 rings (SSSR count). The minimum Gasteiger partial charge on any atom is -0.408 e. The molecule has 0 radical (unpaired) electrons. The van der Waals surface area contributed by atoms with E-state index < -0.39 is 5.76 Å². The molecule has 5 nitrogen and oxygen atoms in total. The highest BCUT2D eigenvalue weighted by atomic mass is 16.4. The van der Waals surface area contributed by atoms with Crippen LogP contribution in [0.25, 0.3) is 11.1 Å². The molecule has 3 aromatic rings. The normalized spacial score (nSPS) is 20.1. The number of fused-ring (bicyclic) bond motifs is 2. The summed E-state index contributed by atoms with van der Waals surface area (Å²) in [6.45, 7) is 0.524. The Bertz CT molecular complexity index is 1070. The Kier molecular flexibility index (Phi) is 4.30. The smallest absolute Gasteiger partial charge is 0.408 e. The summed E-state index contributed by atoms with van der Waals surface area (Å²) < 4.78 is 5.20. The second-order valence-electron chi connectivity index (χ2n) is 8.12. The Morgan fingerprint density at radius 2 is 1.86 bits per heavy atom. The lowest BCUT2D eigenvalue weighted by Gasteiger charge is -2.30. The molecule has 1 aromatic heterocycles. The number of H-pyrrole nitrogens is 1. The van der Waals surface area contributed by atoms with E-state index in [1.165, 1.54) is 32.1 Å². The summed E-state index contributed by atoms with van der Waals surface area (Å²) in [6, 6.07) is 13.8. The lowest BCUT2D eigenvalue weighted by molar-refractivity contribution is 0.0678. The molecule has 2 aliphatic rings. The summed E-state index contributed by atoms with van der Waals surface area (Å²) >= 11 is 0. The van der Waals surface area contributed by atoms with Crippen LogP contribution >= 0.6 is 0 Å². The van der Waals surface area contributed by atoms with Crippen LogP contribution in [0.15, 0.2) is 51.7 Å². The monoisotopic (exact) mass is 376 g/mol. The van der Waals surface area contributed by atoms with Gasteiger partial charge in [0.1, 0.15) is 0 Å². The van der Waals surface area contributed by atoms with Gasteiger partial charge in [-0.05, 0) is 41.7 Å². The molecule has 2 heterocycles. The van der Waals surface area contributed by atoms with Crippen molar-refractivity contribution >= 4 is 17.0 Å². The van der Waals surface area contributed by atoms with Crippen LogP contribution in [0.3, 0.4) is 0 Å². The van der Waals surface area contributed by atoms with Gasteiger partial charge in [0.15, 0.2) is 5.58 Å². The van der Waals surface area contributed by atoms with Gasteiger partial charge in [-0.25, -0.2) is 4.79 Å². The number of rotatable bonds is 4. The first kappa shape index (κ1) is 17.3. The number of hydrogen-bond donors (Lipinski definition) is 1. The van der Waals surface area contributed by atoms with Crippen LogP contribution in [0, 0.1) is 5.92 Å². The van der Waals surface area contributed by atoms with Crippen LogP contribution in [0.4, 0.5) is 0 Å². The Morgan fingerprint density at radius 3 is 2.71 bits per heavy atom. The molecule has 2 aromatic carbocycles. The zero-order valence-electron chi connectivity index (χ0n) is 15.8. The lowest BCUT2D eigenvalue weighted by atomic mass is 9.83. The maximum Gasteiger partial charge on any atom is 0.417 e. The molecule has 28 heavy (non-hydrogen) atoms. The van der Waals surface area contributed by atoms with E-state index >= 15 is 0 Å². The second-order valence-corrected chi connectivity index (χ2v) is 8.12. The van der Waals surface area contributed by atoms with E-state index in [1.807, 2.05) is 41.3 Å². The van der Waals surface area contributed by atoms with E-state index in [2.05, 4.69) is 11.1 Å². The number of carbonyl (C=O) groups is 1. The fourth-order valence-corrected chi connectivity index (χ4v) is 4.91. The number of hydrogen-bond acceptors (Lipinski definition) is 3. The molecule has 1 aliphatic heterocycles. The van der Waals surface area contributed by atoms with Gasteiger partial charge in [0.25, 0.3) is 5.91 Å². The van der Waals surface area contributed by atoms with E-state index in [4.69, 9.17) is 4.42 Å². The summed E-state index contributed by atoms with van der Waals surface area (Å²) in [6.07, 6.45) is 7.50. The van der Waals surface area contributed by atoms with Gasteiger partial charge in [0.05, 0.1) is 11.6 Å². The Balaban J connectivity index is 1.46. The highest BCUT2D eigenvalue weighted by Crippen LogP contribution is 2.41. The number of benzene rings is 2. The molecule has 0 bridgehead atoms. The van der Waals surface area contributed by atoms with Gasteiger partial charge < -0.3 is 9.32 Å². The third-order valence-corrected chi connectivity index (χ3v) is 6.31. The third-order valence-electron chi connectivity index (χ3n) is 6.31. The molecular weight excluding hydrogens is 352 g/mol. The summed E-state index contributed by atoms with van der Waals surface area (Å²) in [7, 11) is 0. The van der Waals surface area contributed by atoms with Crippen LogP contribution in [0.2, 0.25) is 0 Å². The zero-order valence-corrected chi connectivity index (χ0v) is 15.8. The van der Waals surface area contributed by atoms with Gasteiger partial charge in [0, 0.05) is 12.1 Å². The summed E-state index contributed by atoms with van der Waals surface area (Å²) in [4.78, 5) is 29.3. The van der Waals surface area contributed by atoms with Crippen LogP contribution in [0.5, 0.6) is 0 Å². The van der Waals surface area contributed by atoms with E-state index in [9.17, 15) is 9.59 Å². The molecule has 1 fully saturated rings. The van der Waals surface area contributed by atoms with Crippen molar-refractivity contribution in [3.63, 3.8) is 0 Å². The van der Waals surface area contributed by atoms with Crippen LogP contribution in [-0.4, -0.2) is 15.8 Å². The second kappa shape index (κ2) is 6.97. The Morgan fingerprint density at radius 1 is 1.04 bits per heavy atom. The average molecular weight is 376 g/mol. The van der Waals surface area contributed by atoms with Crippen molar-refractivity contribution in [3.8, 4) is 0 Å². The van der Waals surface area contributed by atoms with Crippen molar-refractivity contribution in [3.05, 3.63) is 69.7 Å². The molecule has 1 aliphatic carbocycles. The van der Waals surface area contributed by atoms with Crippen molar-refractivity contribution in [1.29, 1.82) is 0 Å². The van der Waals surface area contributed by atoms with E-state index in [-0.39, 0.29) is 11.9 Å². The van der Waals surface area contributed by atoms with Crippen molar-refractivity contribution in [2.45, 2.75) is 51.1 Å². The van der Waals surface area contributed by atoms with Crippen LogP contribution in [0.1, 0.15) is 66.1 Å². The predicted molar refractivity (Wildman–Crippen MR) is 107 cm³/mol. The number of oxazole rings is 1. The fourth-order valence-electron chi connectivity index (χ4n) is 4.91. The molecule has 1 N–H and O–H groups in total. The molecular formula is C23H24N2O3. The molecule has 1 saturated carbocycles. The number of nitrogens with zero attached hydrogens (tertiary/aromatic N) is 1. The zero-order chi connectivity index (χ0) is 19.1. The van der Waals surface area contributed by atoms with Crippen molar-refractivity contribution in [2.75, 3.05) is 0 Å². The molecule has 144 valence electrons. The van der Waals surface area contributed by atoms with Crippen molar-refractivity contribution in [1.82, 2.24) is 9.88 Å². The van der Waals surface area contributed by atoms with Gasteiger partial charge in [0.2, 0.25) is 0 Å². The van der Waals surface area contributed by atoms with Gasteiger partial charge in [-0.3, -0.25) is 9.78 Å². The van der Waals surface area contributed by atoms with Crippen LogP contribution < -0.4 is 5.76 Å². The quantitative estimate of drug-likeness (QED) is 0.712. The van der Waals surface area contributed by atoms with Crippen molar-refractivity contribution in [2.24, 2.45) is 5.92 Å². The fraction of sp³-hybridized carbons (Fsp3) is 0.391. The highest BCUT2D eigenvalue weighted by Gasteiger charge is 2.37. The number of carbonyl (C=O) groups excluding carboxylic acids is 1. The number of aromatic nitrogens is 1. The minimum absolute atomic E-state index is 0.104. The molecule has 1 atom stereocenters. The molecule has 5 heteroatoms. The largest absolute Gasteiger partial charge is 0.417 e. The molecule has 1 amide bonds. The predicted octanol–water partition coefficient (Wildman–Crippen LogP) is 4.79. The lowest BCUT2D eigenvalue weighted by Crippen LogP contribution is -2.29.